The van der Waals surface area contributed by atoms with Crippen molar-refractivity contribution in [3.05, 3.63) is 70.5 Å². The van der Waals surface area contributed by atoms with Gasteiger partial charge in [-0.1, -0.05) is 18.2 Å². The third-order valence-electron chi connectivity index (χ3n) is 3.45. The van der Waals surface area contributed by atoms with Crippen LogP contribution in [0.15, 0.2) is 57.9 Å². The van der Waals surface area contributed by atoms with Crippen LogP contribution in [-0.2, 0) is 28.9 Å². The molecule has 2 aromatic heterocycles. The summed E-state index contributed by atoms with van der Waals surface area (Å²) in [6.45, 7) is -1.05. The summed E-state index contributed by atoms with van der Waals surface area (Å²) in [6.07, 6.45) is -4.07. The zero-order valence-electron chi connectivity index (χ0n) is 13.6. The molecule has 0 aliphatic rings. The summed E-state index contributed by atoms with van der Waals surface area (Å²) in [5.74, 6) is -0.676. The summed E-state index contributed by atoms with van der Waals surface area (Å²) >= 11 is 0. The molecular weight excluding hydrogens is 367 g/mol. The molecule has 0 atom stereocenters. The minimum atomic E-state index is -4.63. The number of benzene rings is 1. The molecule has 0 saturated carbocycles. The van der Waals surface area contributed by atoms with Crippen molar-refractivity contribution in [3.8, 4) is 11.5 Å². The van der Waals surface area contributed by atoms with E-state index in [0.717, 1.165) is 6.07 Å². The predicted octanol–water partition coefficient (Wildman–Crippen LogP) is 2.66. The molecular formula is C17H12F3N3O4. The number of rotatable bonds is 5. The lowest BCUT2D eigenvalue weighted by Gasteiger charge is -2.10. The van der Waals surface area contributed by atoms with E-state index in [1.165, 1.54) is 0 Å². The second-order valence-electron chi connectivity index (χ2n) is 5.41. The number of aromatic nitrogens is 3. The molecule has 0 saturated heterocycles. The first kappa shape index (κ1) is 18.4. The highest BCUT2D eigenvalue weighted by Gasteiger charge is 2.31. The summed E-state index contributed by atoms with van der Waals surface area (Å²) in [5, 5.41) is 7.54. The van der Waals surface area contributed by atoms with Crippen molar-refractivity contribution in [2.45, 2.75) is 19.3 Å². The fraction of sp³-hybridized carbons (Fsp3) is 0.176. The van der Waals surface area contributed by atoms with Crippen LogP contribution < -0.4 is 5.56 Å². The van der Waals surface area contributed by atoms with Gasteiger partial charge in [-0.3, -0.25) is 9.59 Å². The third-order valence-corrected chi connectivity index (χ3v) is 3.45. The van der Waals surface area contributed by atoms with E-state index in [0.29, 0.717) is 22.4 Å². The van der Waals surface area contributed by atoms with Crippen molar-refractivity contribution in [1.82, 2.24) is 14.8 Å². The van der Waals surface area contributed by atoms with Gasteiger partial charge in [-0.25, -0.2) is 0 Å². The van der Waals surface area contributed by atoms with Crippen LogP contribution in [0, 0.1) is 0 Å². The molecule has 0 spiro atoms. The molecule has 1 aromatic carbocycles. The Kier molecular flexibility index (Phi) is 5.06. The van der Waals surface area contributed by atoms with Crippen LogP contribution >= 0.6 is 0 Å². The maximum absolute atomic E-state index is 12.7. The van der Waals surface area contributed by atoms with Crippen molar-refractivity contribution in [1.29, 1.82) is 0 Å². The van der Waals surface area contributed by atoms with Gasteiger partial charge in [0.25, 0.3) is 11.4 Å². The van der Waals surface area contributed by atoms with Gasteiger partial charge < -0.3 is 13.7 Å². The second kappa shape index (κ2) is 7.44. The number of hydrogen-bond donors (Lipinski definition) is 0. The summed E-state index contributed by atoms with van der Waals surface area (Å²) < 4.78 is 48.9. The van der Waals surface area contributed by atoms with Gasteiger partial charge in [-0.05, 0) is 18.2 Å². The van der Waals surface area contributed by atoms with Crippen molar-refractivity contribution in [2.75, 3.05) is 0 Å². The Morgan fingerprint density at radius 2 is 1.85 bits per heavy atom. The summed E-state index contributed by atoms with van der Waals surface area (Å²) in [4.78, 5) is 23.4. The van der Waals surface area contributed by atoms with Crippen molar-refractivity contribution < 1.29 is 27.1 Å². The van der Waals surface area contributed by atoms with Crippen LogP contribution in [0.4, 0.5) is 13.2 Å². The molecule has 7 nitrogen and oxygen atoms in total. The first-order valence-corrected chi connectivity index (χ1v) is 7.64. The Balaban J connectivity index is 1.62. The number of halogens is 3. The highest BCUT2D eigenvalue weighted by atomic mass is 19.4. The average Bonchev–Trinajstić information content (AvgIpc) is 3.11. The van der Waals surface area contributed by atoms with Crippen LogP contribution in [0.25, 0.3) is 11.5 Å². The predicted molar refractivity (Wildman–Crippen MR) is 85.2 cm³/mol. The van der Waals surface area contributed by atoms with E-state index in [4.69, 9.17) is 9.15 Å². The Labute approximate surface area is 150 Å². The fourth-order valence-electron chi connectivity index (χ4n) is 2.16. The molecule has 3 aromatic rings. The Morgan fingerprint density at radius 3 is 2.56 bits per heavy atom. The number of esters is 1. The monoisotopic (exact) mass is 379 g/mol. The van der Waals surface area contributed by atoms with Gasteiger partial charge in [0.1, 0.15) is 6.54 Å². The highest BCUT2D eigenvalue weighted by Crippen LogP contribution is 2.28. The minimum absolute atomic E-state index is 0.0126. The van der Waals surface area contributed by atoms with Gasteiger partial charge >= 0.3 is 12.1 Å². The number of carbonyl (C=O) groups is 1. The molecule has 10 heteroatoms. The smallest absolute Gasteiger partial charge is 0.417 e. The van der Waals surface area contributed by atoms with Gasteiger partial charge in [0, 0.05) is 17.8 Å². The molecule has 0 aliphatic heterocycles. The molecule has 0 unspecified atom stereocenters. The average molecular weight is 379 g/mol. The number of alkyl halides is 3. The molecule has 2 heterocycles. The van der Waals surface area contributed by atoms with E-state index in [1.807, 2.05) is 6.07 Å². The van der Waals surface area contributed by atoms with Crippen LogP contribution in [0.5, 0.6) is 0 Å². The molecule has 0 aliphatic carbocycles. The lowest BCUT2D eigenvalue weighted by atomic mass is 10.2. The molecule has 0 N–H and O–H groups in total. The number of pyridine rings is 1. The Hall–Kier alpha value is -3.43. The maximum atomic E-state index is 12.7. The van der Waals surface area contributed by atoms with Gasteiger partial charge in [-0.2, -0.15) is 13.2 Å². The molecule has 0 radical (unpaired) electrons. The quantitative estimate of drug-likeness (QED) is 0.634. The van der Waals surface area contributed by atoms with E-state index in [9.17, 15) is 22.8 Å². The van der Waals surface area contributed by atoms with Crippen molar-refractivity contribution in [3.63, 3.8) is 0 Å². The summed E-state index contributed by atoms with van der Waals surface area (Å²) in [6, 6.07) is 10.3. The van der Waals surface area contributed by atoms with Gasteiger partial charge in [0.05, 0.1) is 5.56 Å². The first-order valence-electron chi connectivity index (χ1n) is 7.64. The number of carbonyl (C=O) groups excluding carboxylic acids is 1. The molecule has 3 rings (SSSR count). The minimum Gasteiger partial charge on any atom is -0.454 e. The maximum Gasteiger partial charge on any atom is 0.417 e. The number of nitrogens with zero attached hydrogens (tertiary/aromatic N) is 3. The summed E-state index contributed by atoms with van der Waals surface area (Å²) in [7, 11) is 0. The lowest BCUT2D eigenvalue weighted by molar-refractivity contribution is -0.147. The van der Waals surface area contributed by atoms with E-state index in [-0.39, 0.29) is 18.4 Å². The molecule has 140 valence electrons. The topological polar surface area (TPSA) is 87.2 Å². The zero-order valence-corrected chi connectivity index (χ0v) is 13.6. The van der Waals surface area contributed by atoms with Gasteiger partial charge in [0.2, 0.25) is 5.89 Å². The number of hydrogen-bond acceptors (Lipinski definition) is 6. The molecule has 0 amide bonds. The third kappa shape index (κ3) is 4.60. The van der Waals surface area contributed by atoms with Crippen molar-refractivity contribution in [2.24, 2.45) is 0 Å². The Morgan fingerprint density at radius 1 is 1.11 bits per heavy atom. The zero-order chi connectivity index (χ0) is 19.4. The fourth-order valence-corrected chi connectivity index (χ4v) is 2.16. The standard InChI is InChI=1S/C17H12F3N3O4/c18-17(19,20)12-6-7-14(24)23(8-12)9-15(25)26-10-13-21-22-16(27-13)11-4-2-1-3-5-11/h1-8H,9-10H2. The van der Waals surface area contributed by atoms with E-state index < -0.39 is 29.8 Å². The highest BCUT2D eigenvalue weighted by molar-refractivity contribution is 5.69. The van der Waals surface area contributed by atoms with Crippen LogP contribution in [0.2, 0.25) is 0 Å². The normalized spacial score (nSPS) is 11.4. The van der Waals surface area contributed by atoms with Gasteiger partial charge in [0.15, 0.2) is 6.61 Å². The molecule has 0 bridgehead atoms. The van der Waals surface area contributed by atoms with Gasteiger partial charge in [-0.15, -0.1) is 10.2 Å². The summed E-state index contributed by atoms with van der Waals surface area (Å²) in [5.41, 5.74) is -1.12. The second-order valence-corrected chi connectivity index (χ2v) is 5.41. The van der Waals surface area contributed by atoms with E-state index >= 15 is 0 Å². The first-order chi connectivity index (χ1) is 12.8. The van der Waals surface area contributed by atoms with Crippen LogP contribution in [0.1, 0.15) is 11.5 Å². The van der Waals surface area contributed by atoms with Crippen LogP contribution in [0.3, 0.4) is 0 Å². The SMILES string of the molecule is O=C(Cn1cc(C(F)(F)F)ccc1=O)OCc1nnc(-c2ccccc2)o1. The van der Waals surface area contributed by atoms with E-state index in [2.05, 4.69) is 10.2 Å². The van der Waals surface area contributed by atoms with Crippen LogP contribution in [-0.4, -0.2) is 20.7 Å². The molecule has 27 heavy (non-hydrogen) atoms. The largest absolute Gasteiger partial charge is 0.454 e. The number of ether oxygens (including phenoxy) is 1. The molecule has 0 fully saturated rings. The van der Waals surface area contributed by atoms with Crippen molar-refractivity contribution >= 4 is 5.97 Å². The lowest BCUT2D eigenvalue weighted by Crippen LogP contribution is -2.26. The Bertz CT molecular complexity index is 996. The van der Waals surface area contributed by atoms with E-state index in [1.54, 1.807) is 24.3 Å².